The van der Waals surface area contributed by atoms with E-state index < -0.39 is 0 Å². The number of nitrogens with two attached hydrogens (primary N) is 1. The molecule has 0 unspecified atom stereocenters. The maximum atomic E-state index is 11.0. The molecular formula is C20H23NO5. The van der Waals surface area contributed by atoms with Crippen LogP contribution < -0.4 is 24.7 Å². The number of hydrogen-bond acceptors (Lipinski definition) is 6. The van der Waals surface area contributed by atoms with Gasteiger partial charge in [0.05, 0.1) is 0 Å². The first-order valence-corrected chi connectivity index (χ1v) is 8.60. The number of benzene rings is 2. The van der Waals surface area contributed by atoms with Gasteiger partial charge in [0.25, 0.3) is 0 Å². The molecule has 0 aromatic heterocycles. The van der Waals surface area contributed by atoms with Gasteiger partial charge >= 0.3 is 0 Å². The van der Waals surface area contributed by atoms with Crippen LogP contribution in [0.3, 0.4) is 0 Å². The summed E-state index contributed by atoms with van der Waals surface area (Å²) in [6, 6.07) is 11.1. The Morgan fingerprint density at radius 1 is 0.846 bits per heavy atom. The highest BCUT2D eigenvalue weighted by molar-refractivity contribution is 5.94. The lowest BCUT2D eigenvalue weighted by Gasteiger charge is -2.19. The normalized spacial score (nSPS) is 15.3. The lowest BCUT2D eigenvalue weighted by Crippen LogP contribution is -2.16. The predicted molar refractivity (Wildman–Crippen MR) is 97.5 cm³/mol. The summed E-state index contributed by atoms with van der Waals surface area (Å²) in [5, 5.41) is 0. The average molecular weight is 357 g/mol. The van der Waals surface area contributed by atoms with Crippen molar-refractivity contribution in [3.8, 4) is 23.0 Å². The van der Waals surface area contributed by atoms with Gasteiger partial charge in [0.15, 0.2) is 28.8 Å². The van der Waals surface area contributed by atoms with Crippen LogP contribution in [0.2, 0.25) is 0 Å². The number of ether oxygens (including phenoxy) is 4. The molecule has 26 heavy (non-hydrogen) atoms. The summed E-state index contributed by atoms with van der Waals surface area (Å²) < 4.78 is 21.5. The summed E-state index contributed by atoms with van der Waals surface area (Å²) in [7, 11) is 0. The molecule has 6 heteroatoms. The van der Waals surface area contributed by atoms with Gasteiger partial charge in [0, 0.05) is 11.6 Å². The largest absolute Gasteiger partial charge is 0.486 e. The molecule has 2 aliphatic heterocycles. The molecule has 6 nitrogen and oxygen atoms in total. The van der Waals surface area contributed by atoms with Crippen molar-refractivity contribution < 1.29 is 23.7 Å². The Labute approximate surface area is 152 Å². The van der Waals surface area contributed by atoms with Crippen LogP contribution >= 0.6 is 0 Å². The molecule has 0 bridgehead atoms. The van der Waals surface area contributed by atoms with Gasteiger partial charge in [-0.3, -0.25) is 4.79 Å². The molecule has 0 saturated heterocycles. The monoisotopic (exact) mass is 357 g/mol. The number of carbonyl (C=O) groups is 1. The van der Waals surface area contributed by atoms with Crippen LogP contribution in [0.25, 0.3) is 0 Å². The van der Waals surface area contributed by atoms with Crippen molar-refractivity contribution in [2.45, 2.75) is 19.9 Å². The molecule has 1 atom stereocenters. The molecule has 2 N–H and O–H groups in total. The fourth-order valence-electron chi connectivity index (χ4n) is 2.61. The van der Waals surface area contributed by atoms with Crippen molar-refractivity contribution in [1.82, 2.24) is 0 Å². The maximum absolute atomic E-state index is 11.0. The third-order valence-electron chi connectivity index (χ3n) is 4.04. The highest BCUT2D eigenvalue weighted by atomic mass is 16.6. The van der Waals surface area contributed by atoms with Gasteiger partial charge in [0.2, 0.25) is 0 Å². The van der Waals surface area contributed by atoms with E-state index in [1.54, 1.807) is 18.2 Å². The van der Waals surface area contributed by atoms with Crippen LogP contribution in [0.5, 0.6) is 23.0 Å². The number of ketones is 1. The number of carbonyl (C=O) groups excluding carboxylic acids is 1. The summed E-state index contributed by atoms with van der Waals surface area (Å²) in [5.74, 6) is 3.05. The van der Waals surface area contributed by atoms with Gasteiger partial charge < -0.3 is 24.7 Å². The SMILES string of the molecule is CC(=O)c1ccc2c(c1)OCCO2.C[C@H](N)c1ccc2c(c1)OCCO2. The lowest BCUT2D eigenvalue weighted by molar-refractivity contribution is 0.101. The fourth-order valence-corrected chi connectivity index (χ4v) is 2.61. The zero-order chi connectivity index (χ0) is 18.5. The average Bonchev–Trinajstić information content (AvgIpc) is 2.67. The molecule has 0 fully saturated rings. The molecule has 0 aliphatic carbocycles. The third kappa shape index (κ3) is 4.26. The first-order valence-electron chi connectivity index (χ1n) is 8.60. The van der Waals surface area contributed by atoms with E-state index in [9.17, 15) is 4.79 Å². The van der Waals surface area contributed by atoms with Crippen molar-refractivity contribution in [2.75, 3.05) is 26.4 Å². The minimum atomic E-state index is 0.0378. The molecule has 138 valence electrons. The highest BCUT2D eigenvalue weighted by Gasteiger charge is 2.13. The van der Waals surface area contributed by atoms with E-state index in [1.165, 1.54) is 6.92 Å². The van der Waals surface area contributed by atoms with Crippen molar-refractivity contribution >= 4 is 5.78 Å². The number of hydrogen-bond donors (Lipinski definition) is 1. The van der Waals surface area contributed by atoms with Crippen molar-refractivity contribution in [3.05, 3.63) is 47.5 Å². The minimum absolute atomic E-state index is 0.0378. The molecule has 2 aromatic carbocycles. The van der Waals surface area contributed by atoms with E-state index in [1.807, 2.05) is 25.1 Å². The number of Topliss-reactive ketones (excluding diaryl/α,β-unsaturated/α-hetero) is 1. The second-order valence-corrected chi connectivity index (χ2v) is 6.11. The Bertz CT molecular complexity index is 788. The van der Waals surface area contributed by atoms with Crippen LogP contribution in [-0.4, -0.2) is 32.2 Å². The van der Waals surface area contributed by atoms with E-state index in [0.717, 1.165) is 22.8 Å². The Morgan fingerprint density at radius 3 is 1.88 bits per heavy atom. The molecule has 4 rings (SSSR count). The van der Waals surface area contributed by atoms with Crippen LogP contribution in [0.4, 0.5) is 0 Å². The van der Waals surface area contributed by atoms with E-state index >= 15 is 0 Å². The molecule has 0 radical (unpaired) electrons. The number of fused-ring (bicyclic) bond motifs is 2. The summed E-state index contributed by atoms with van der Waals surface area (Å²) in [6.45, 7) is 5.86. The first-order chi connectivity index (χ1) is 12.5. The smallest absolute Gasteiger partial charge is 0.162 e. The molecular weight excluding hydrogens is 334 g/mol. The van der Waals surface area contributed by atoms with Crippen molar-refractivity contribution in [1.29, 1.82) is 0 Å². The Kier molecular flexibility index (Phi) is 5.63. The van der Waals surface area contributed by atoms with Crippen LogP contribution in [0.1, 0.15) is 35.8 Å². The molecule has 0 spiro atoms. The van der Waals surface area contributed by atoms with E-state index in [2.05, 4.69) is 0 Å². The zero-order valence-corrected chi connectivity index (χ0v) is 15.0. The molecule has 2 heterocycles. The molecule has 0 saturated carbocycles. The Hall–Kier alpha value is -2.73. The first kappa shape index (κ1) is 18.1. The van der Waals surface area contributed by atoms with Gasteiger partial charge in [0.1, 0.15) is 26.4 Å². The summed E-state index contributed by atoms with van der Waals surface area (Å²) in [6.07, 6.45) is 0. The quantitative estimate of drug-likeness (QED) is 0.832. The topological polar surface area (TPSA) is 80.0 Å². The lowest BCUT2D eigenvalue weighted by atomic mass is 10.1. The van der Waals surface area contributed by atoms with Crippen LogP contribution in [0, 0.1) is 0 Å². The standard InChI is InChI=1S/C10H13NO2.C10H10O3/c2*1-7(11)8-2-3-9-10(6-8)13-5-4-12-9/h2-3,6-7H,4-5,11H2,1H3;2-3,6H,4-5H2,1H3/t7-;/m0./s1. The minimum Gasteiger partial charge on any atom is -0.486 e. The predicted octanol–water partition coefficient (Wildman–Crippen LogP) is 3.14. The van der Waals surface area contributed by atoms with Crippen molar-refractivity contribution in [3.63, 3.8) is 0 Å². The van der Waals surface area contributed by atoms with Gasteiger partial charge in [-0.2, -0.15) is 0 Å². The van der Waals surface area contributed by atoms with Crippen LogP contribution in [-0.2, 0) is 0 Å². The molecule has 2 aliphatic rings. The van der Waals surface area contributed by atoms with Gasteiger partial charge in [-0.15, -0.1) is 0 Å². The Balaban J connectivity index is 0.000000151. The third-order valence-corrected chi connectivity index (χ3v) is 4.04. The van der Waals surface area contributed by atoms with Crippen molar-refractivity contribution in [2.24, 2.45) is 5.73 Å². The molecule has 2 aromatic rings. The van der Waals surface area contributed by atoms with Crippen LogP contribution in [0.15, 0.2) is 36.4 Å². The Morgan fingerprint density at radius 2 is 1.35 bits per heavy atom. The maximum Gasteiger partial charge on any atom is 0.162 e. The zero-order valence-electron chi connectivity index (χ0n) is 15.0. The van der Waals surface area contributed by atoms with E-state index in [4.69, 9.17) is 24.7 Å². The second-order valence-electron chi connectivity index (χ2n) is 6.11. The molecule has 0 amide bonds. The van der Waals surface area contributed by atoms with E-state index in [-0.39, 0.29) is 11.8 Å². The summed E-state index contributed by atoms with van der Waals surface area (Å²) >= 11 is 0. The summed E-state index contributed by atoms with van der Waals surface area (Å²) in [4.78, 5) is 11.0. The highest BCUT2D eigenvalue weighted by Crippen LogP contribution is 2.32. The van der Waals surface area contributed by atoms with Gasteiger partial charge in [-0.05, 0) is 49.7 Å². The van der Waals surface area contributed by atoms with Gasteiger partial charge in [-0.1, -0.05) is 6.07 Å². The summed E-state index contributed by atoms with van der Waals surface area (Å²) in [5.41, 5.74) is 7.48. The van der Waals surface area contributed by atoms with E-state index in [0.29, 0.717) is 37.7 Å². The van der Waals surface area contributed by atoms with Gasteiger partial charge in [-0.25, -0.2) is 0 Å². The number of rotatable bonds is 2. The fraction of sp³-hybridized carbons (Fsp3) is 0.350. The second kappa shape index (κ2) is 8.10.